The molecule has 0 aromatic heterocycles. The van der Waals surface area contributed by atoms with Crippen molar-refractivity contribution >= 4 is 17.8 Å². The molecule has 2 N–H and O–H groups in total. The topological polar surface area (TPSA) is 86.7 Å². The first-order valence-corrected chi connectivity index (χ1v) is 9.69. The van der Waals surface area contributed by atoms with Crippen molar-refractivity contribution in [1.29, 1.82) is 0 Å². The SMILES string of the molecule is CCC(C)C(=O)N1CCCC(C(=O)NCC2(C(=O)O)CCCCC2)C1. The lowest BCUT2D eigenvalue weighted by atomic mass is 9.74. The molecule has 2 atom stereocenters. The molecule has 6 heteroatoms. The molecule has 2 amide bonds. The van der Waals surface area contributed by atoms with Gasteiger partial charge in [0.1, 0.15) is 0 Å². The molecular weight excluding hydrogens is 320 g/mol. The maximum atomic E-state index is 12.6. The summed E-state index contributed by atoms with van der Waals surface area (Å²) in [5, 5.41) is 12.5. The minimum absolute atomic E-state index is 0.0145. The van der Waals surface area contributed by atoms with Gasteiger partial charge < -0.3 is 15.3 Å². The van der Waals surface area contributed by atoms with E-state index in [2.05, 4.69) is 5.32 Å². The largest absolute Gasteiger partial charge is 0.481 e. The van der Waals surface area contributed by atoms with Gasteiger partial charge >= 0.3 is 5.97 Å². The van der Waals surface area contributed by atoms with E-state index < -0.39 is 11.4 Å². The van der Waals surface area contributed by atoms with E-state index in [1.807, 2.05) is 13.8 Å². The summed E-state index contributed by atoms with van der Waals surface area (Å²) in [4.78, 5) is 38.4. The molecule has 0 radical (unpaired) electrons. The number of hydrogen-bond acceptors (Lipinski definition) is 3. The zero-order valence-electron chi connectivity index (χ0n) is 15.6. The molecule has 0 spiro atoms. The highest BCUT2D eigenvalue weighted by Gasteiger charge is 2.40. The van der Waals surface area contributed by atoms with Gasteiger partial charge in [-0.3, -0.25) is 14.4 Å². The van der Waals surface area contributed by atoms with Gasteiger partial charge in [0, 0.05) is 25.6 Å². The maximum absolute atomic E-state index is 12.6. The van der Waals surface area contributed by atoms with Crippen molar-refractivity contribution in [3.05, 3.63) is 0 Å². The average Bonchev–Trinajstić information content (AvgIpc) is 2.65. The van der Waals surface area contributed by atoms with Crippen LogP contribution in [-0.4, -0.2) is 47.4 Å². The van der Waals surface area contributed by atoms with Crippen molar-refractivity contribution in [3.63, 3.8) is 0 Å². The molecule has 1 saturated heterocycles. The second kappa shape index (κ2) is 8.68. The van der Waals surface area contributed by atoms with Crippen molar-refractivity contribution in [2.75, 3.05) is 19.6 Å². The third-order valence-corrected chi connectivity index (χ3v) is 6.00. The number of carbonyl (C=O) groups is 3. The van der Waals surface area contributed by atoms with E-state index in [-0.39, 0.29) is 30.2 Å². The molecule has 0 aromatic carbocycles. The molecule has 25 heavy (non-hydrogen) atoms. The number of carboxylic acids is 1. The lowest BCUT2D eigenvalue weighted by Gasteiger charge is -2.36. The van der Waals surface area contributed by atoms with Crippen LogP contribution in [0.5, 0.6) is 0 Å². The van der Waals surface area contributed by atoms with Crippen LogP contribution < -0.4 is 5.32 Å². The summed E-state index contributed by atoms with van der Waals surface area (Å²) in [6.45, 7) is 5.29. The summed E-state index contributed by atoms with van der Waals surface area (Å²) in [6, 6.07) is 0. The number of carbonyl (C=O) groups excluding carboxylic acids is 2. The lowest BCUT2D eigenvalue weighted by molar-refractivity contribution is -0.151. The van der Waals surface area contributed by atoms with E-state index in [1.165, 1.54) is 0 Å². The highest BCUT2D eigenvalue weighted by atomic mass is 16.4. The standard InChI is InChI=1S/C19H32N2O4/c1-3-14(2)17(23)21-11-7-8-15(12-21)16(22)20-13-19(18(24)25)9-5-4-6-10-19/h14-15H,3-13H2,1-2H3,(H,20,22)(H,24,25). The molecule has 0 aromatic rings. The number of carboxylic acid groups (broad SMARTS) is 1. The van der Waals surface area contributed by atoms with Crippen LogP contribution >= 0.6 is 0 Å². The molecule has 142 valence electrons. The van der Waals surface area contributed by atoms with Gasteiger partial charge in [-0.05, 0) is 32.1 Å². The Morgan fingerprint density at radius 1 is 1.20 bits per heavy atom. The fourth-order valence-corrected chi connectivity index (χ4v) is 3.97. The predicted molar refractivity (Wildman–Crippen MR) is 94.9 cm³/mol. The van der Waals surface area contributed by atoms with Crippen molar-refractivity contribution in [2.24, 2.45) is 17.3 Å². The fraction of sp³-hybridized carbons (Fsp3) is 0.842. The van der Waals surface area contributed by atoms with Crippen molar-refractivity contribution < 1.29 is 19.5 Å². The first-order chi connectivity index (χ1) is 11.9. The third kappa shape index (κ3) is 4.73. The molecule has 0 bridgehead atoms. The molecule has 1 aliphatic carbocycles. The maximum Gasteiger partial charge on any atom is 0.311 e. The quantitative estimate of drug-likeness (QED) is 0.768. The molecule has 1 saturated carbocycles. The number of likely N-dealkylation sites (tertiary alicyclic amines) is 1. The van der Waals surface area contributed by atoms with Gasteiger partial charge in [-0.25, -0.2) is 0 Å². The number of nitrogens with zero attached hydrogens (tertiary/aromatic N) is 1. The molecule has 1 aliphatic heterocycles. The first-order valence-electron chi connectivity index (χ1n) is 9.69. The van der Waals surface area contributed by atoms with E-state index in [0.717, 1.165) is 38.5 Å². The Morgan fingerprint density at radius 2 is 1.88 bits per heavy atom. The van der Waals surface area contributed by atoms with E-state index in [1.54, 1.807) is 4.90 Å². The van der Waals surface area contributed by atoms with Crippen LogP contribution in [-0.2, 0) is 14.4 Å². The number of amides is 2. The van der Waals surface area contributed by atoms with Gasteiger partial charge in [-0.15, -0.1) is 0 Å². The normalized spacial score (nSPS) is 24.4. The summed E-state index contributed by atoms with van der Waals surface area (Å²) < 4.78 is 0. The monoisotopic (exact) mass is 352 g/mol. The fourth-order valence-electron chi connectivity index (χ4n) is 3.97. The Kier molecular flexibility index (Phi) is 6.85. The molecule has 2 unspecified atom stereocenters. The zero-order chi connectivity index (χ0) is 18.4. The minimum Gasteiger partial charge on any atom is -0.481 e. The van der Waals surface area contributed by atoms with E-state index in [4.69, 9.17) is 0 Å². The number of aliphatic carboxylic acids is 1. The molecule has 2 fully saturated rings. The average molecular weight is 352 g/mol. The van der Waals surface area contributed by atoms with Gasteiger partial charge in [0.25, 0.3) is 0 Å². The van der Waals surface area contributed by atoms with Crippen molar-refractivity contribution in [2.45, 2.75) is 65.2 Å². The molecule has 2 rings (SSSR count). The van der Waals surface area contributed by atoms with E-state index in [0.29, 0.717) is 25.9 Å². The molecular formula is C19H32N2O4. The smallest absolute Gasteiger partial charge is 0.311 e. The van der Waals surface area contributed by atoms with Crippen molar-refractivity contribution in [1.82, 2.24) is 10.2 Å². The number of rotatable bonds is 6. The first kappa shape index (κ1) is 19.7. The van der Waals surface area contributed by atoms with Gasteiger partial charge in [-0.1, -0.05) is 33.1 Å². The van der Waals surface area contributed by atoms with E-state index >= 15 is 0 Å². The Labute approximate surface area is 150 Å². The Hall–Kier alpha value is -1.59. The third-order valence-electron chi connectivity index (χ3n) is 6.00. The minimum atomic E-state index is -0.811. The van der Waals surface area contributed by atoms with Crippen LogP contribution in [0.4, 0.5) is 0 Å². The summed E-state index contributed by atoms with van der Waals surface area (Å²) in [5.41, 5.74) is -0.811. The Balaban J connectivity index is 1.91. The van der Waals surface area contributed by atoms with Crippen LogP contribution in [0.2, 0.25) is 0 Å². The summed E-state index contributed by atoms with van der Waals surface area (Å²) in [5.74, 6) is -1.03. The number of hydrogen-bond donors (Lipinski definition) is 2. The zero-order valence-corrected chi connectivity index (χ0v) is 15.6. The van der Waals surface area contributed by atoms with Crippen LogP contribution in [0.1, 0.15) is 65.2 Å². The summed E-state index contributed by atoms with van der Waals surface area (Å²) >= 11 is 0. The van der Waals surface area contributed by atoms with Crippen molar-refractivity contribution in [3.8, 4) is 0 Å². The second-order valence-corrected chi connectivity index (χ2v) is 7.80. The van der Waals surface area contributed by atoms with Gasteiger partial charge in [-0.2, -0.15) is 0 Å². The van der Waals surface area contributed by atoms with Crippen LogP contribution in [0, 0.1) is 17.3 Å². The van der Waals surface area contributed by atoms with Gasteiger partial charge in [0.05, 0.1) is 11.3 Å². The number of nitrogens with one attached hydrogen (secondary N) is 1. The highest BCUT2D eigenvalue weighted by Crippen LogP contribution is 2.36. The lowest BCUT2D eigenvalue weighted by Crippen LogP contribution is -2.50. The number of piperidine rings is 1. The highest BCUT2D eigenvalue weighted by molar-refractivity contribution is 5.83. The Morgan fingerprint density at radius 3 is 2.48 bits per heavy atom. The summed E-state index contributed by atoms with van der Waals surface area (Å²) in [7, 11) is 0. The Bertz CT molecular complexity index is 500. The van der Waals surface area contributed by atoms with Gasteiger partial charge in [0.15, 0.2) is 0 Å². The second-order valence-electron chi connectivity index (χ2n) is 7.80. The van der Waals surface area contributed by atoms with Gasteiger partial charge in [0.2, 0.25) is 11.8 Å². The molecule has 1 heterocycles. The molecule has 6 nitrogen and oxygen atoms in total. The van der Waals surface area contributed by atoms with Crippen LogP contribution in [0.15, 0.2) is 0 Å². The predicted octanol–water partition coefficient (Wildman–Crippen LogP) is 2.42. The van der Waals surface area contributed by atoms with Crippen LogP contribution in [0.25, 0.3) is 0 Å². The van der Waals surface area contributed by atoms with Crippen LogP contribution in [0.3, 0.4) is 0 Å². The molecule has 2 aliphatic rings. The van der Waals surface area contributed by atoms with E-state index in [9.17, 15) is 19.5 Å². The summed E-state index contributed by atoms with van der Waals surface area (Å²) in [6.07, 6.45) is 6.52.